The fourth-order valence-electron chi connectivity index (χ4n) is 0.564. The van der Waals surface area contributed by atoms with Gasteiger partial charge in [0.05, 0.1) is 0 Å². The van der Waals surface area contributed by atoms with Crippen LogP contribution < -0.4 is 0 Å². The van der Waals surface area contributed by atoms with Crippen molar-refractivity contribution in [1.29, 1.82) is 0 Å². The van der Waals surface area contributed by atoms with Gasteiger partial charge in [0.1, 0.15) is 0 Å². The number of hydrogen-bond donors (Lipinski definition) is 0. The predicted molar refractivity (Wildman–Crippen MR) is 31.6 cm³/mol. The molecule has 0 aliphatic carbocycles. The molecule has 0 saturated heterocycles. The van der Waals surface area contributed by atoms with E-state index in [0.717, 1.165) is 0 Å². The predicted octanol–water partition coefficient (Wildman–Crippen LogP) is 3.22. The molecule has 0 unspecified atom stereocenters. The molecule has 101 valence electrons. The standard InChI is InChI=1S/C5AsF11/c6-4(13,14)2(9,10)1(7,8)3(11,12)5(15,16)17/q+1. The minimum atomic E-state index is -7.30. The number of alkyl halides is 11. The molecule has 0 aliphatic heterocycles. The Kier molecular flexibility index (Phi) is 3.84. The van der Waals surface area contributed by atoms with Crippen molar-refractivity contribution >= 4 is 16.9 Å². The maximum atomic E-state index is 12.3. The molecule has 0 saturated carbocycles. The molecule has 0 aromatic rings. The van der Waals surface area contributed by atoms with Gasteiger partial charge in [-0.2, -0.15) is 0 Å². The summed E-state index contributed by atoms with van der Waals surface area (Å²) in [5.41, 5.74) is 0. The summed E-state index contributed by atoms with van der Waals surface area (Å²) in [6.45, 7) is 0. The first-order valence-electron chi connectivity index (χ1n) is 3.30. The molecular formula is C5AsF11+. The van der Waals surface area contributed by atoms with Crippen LogP contribution in [0, 0.1) is 0 Å². The summed E-state index contributed by atoms with van der Waals surface area (Å²) in [6.07, 6.45) is -7.10. The molecule has 0 fully saturated rings. The van der Waals surface area contributed by atoms with Gasteiger partial charge in [0.25, 0.3) is 0 Å². The Bertz CT molecular complexity index is 255. The number of halogens is 11. The fourth-order valence-corrected chi connectivity index (χ4v) is 0.859. The third-order valence-electron chi connectivity index (χ3n) is 1.52. The van der Waals surface area contributed by atoms with E-state index in [1.165, 1.54) is 0 Å². The Morgan fingerprint density at radius 3 is 0.941 bits per heavy atom. The molecule has 0 aromatic heterocycles. The summed E-state index contributed by atoms with van der Waals surface area (Å²) in [4.78, 5) is 0. The molecule has 12 heteroatoms. The van der Waals surface area contributed by atoms with Crippen molar-refractivity contribution in [2.75, 3.05) is 0 Å². The van der Waals surface area contributed by atoms with Gasteiger partial charge in [-0.05, 0) is 0 Å². The van der Waals surface area contributed by atoms with Crippen molar-refractivity contribution in [3.8, 4) is 0 Å². The van der Waals surface area contributed by atoms with Gasteiger partial charge in [-0.1, -0.05) is 0 Å². The van der Waals surface area contributed by atoms with E-state index in [4.69, 9.17) is 0 Å². The average molecular weight is 344 g/mol. The molecule has 0 aromatic carbocycles. The summed E-state index contributed by atoms with van der Waals surface area (Å²) in [5.74, 6) is -21.5. The van der Waals surface area contributed by atoms with Gasteiger partial charge in [-0.3, -0.25) is 0 Å². The fraction of sp³-hybridized carbons (Fsp3) is 1.00. The van der Waals surface area contributed by atoms with Gasteiger partial charge in [0, 0.05) is 0 Å². The Morgan fingerprint density at radius 2 is 0.765 bits per heavy atom. The molecule has 17 heavy (non-hydrogen) atoms. The SMILES string of the molecule is FC(F)(F)C(F)(F)C(F)(F)C(F)(F)C(F)(F)[As+]. The molecule has 0 bridgehead atoms. The van der Waals surface area contributed by atoms with E-state index in [1.54, 1.807) is 0 Å². The van der Waals surface area contributed by atoms with Crippen molar-refractivity contribution in [1.82, 2.24) is 0 Å². The molecule has 0 nitrogen and oxygen atoms in total. The van der Waals surface area contributed by atoms with Crippen LogP contribution in [0.15, 0.2) is 0 Å². The minimum absolute atomic E-state index is 0.387. The third kappa shape index (κ3) is 2.34. The Labute approximate surface area is 94.6 Å². The van der Waals surface area contributed by atoms with E-state index >= 15 is 0 Å². The Hall–Kier alpha value is -0.212. The molecule has 0 N–H and O–H groups in total. The van der Waals surface area contributed by atoms with Crippen molar-refractivity contribution in [3.05, 3.63) is 0 Å². The molecular weight excluding hydrogens is 344 g/mol. The number of hydrogen-bond acceptors (Lipinski definition) is 0. The van der Waals surface area contributed by atoms with Gasteiger partial charge >= 0.3 is 93.8 Å². The van der Waals surface area contributed by atoms with Crippen LogP contribution in [-0.4, -0.2) is 45.5 Å². The van der Waals surface area contributed by atoms with Gasteiger partial charge in [-0.25, -0.2) is 0 Å². The van der Waals surface area contributed by atoms with Gasteiger partial charge < -0.3 is 0 Å². The average Bonchev–Trinajstić information content (AvgIpc) is 1.98. The van der Waals surface area contributed by atoms with Crippen LogP contribution >= 0.6 is 0 Å². The maximum absolute atomic E-state index is 12.3. The van der Waals surface area contributed by atoms with E-state index in [-0.39, 0.29) is 16.9 Å². The molecule has 0 spiro atoms. The van der Waals surface area contributed by atoms with E-state index in [0.29, 0.717) is 0 Å². The molecule has 0 heterocycles. The Balaban J connectivity index is 5.73. The zero-order valence-electron chi connectivity index (χ0n) is 7.10. The summed E-state index contributed by atoms with van der Waals surface area (Å²) in [7, 11) is 0. The number of rotatable bonds is 3. The monoisotopic (exact) mass is 344 g/mol. The van der Waals surface area contributed by atoms with Crippen LogP contribution in [0.2, 0.25) is 0 Å². The van der Waals surface area contributed by atoms with Gasteiger partial charge in [-0.15, -0.1) is 0 Å². The van der Waals surface area contributed by atoms with Crippen molar-refractivity contribution in [3.63, 3.8) is 0 Å². The van der Waals surface area contributed by atoms with E-state index in [1.807, 2.05) is 0 Å². The first kappa shape index (κ1) is 16.8. The van der Waals surface area contributed by atoms with Crippen LogP contribution in [-0.2, 0) is 0 Å². The van der Waals surface area contributed by atoms with Crippen LogP contribution in [0.5, 0.6) is 0 Å². The summed E-state index contributed by atoms with van der Waals surface area (Å²) < 4.78 is 125. The van der Waals surface area contributed by atoms with Gasteiger partial charge in [0.15, 0.2) is 0 Å². The van der Waals surface area contributed by atoms with Crippen LogP contribution in [0.4, 0.5) is 48.3 Å². The second kappa shape index (κ2) is 3.89. The van der Waals surface area contributed by atoms with Crippen LogP contribution in [0.3, 0.4) is 0 Å². The molecule has 0 aliphatic rings. The first-order valence-corrected chi connectivity index (χ1v) is 4.24. The summed E-state index contributed by atoms with van der Waals surface area (Å²) in [6, 6.07) is 0. The second-order valence-electron chi connectivity index (χ2n) is 2.76. The van der Waals surface area contributed by atoms with Crippen LogP contribution in [0.25, 0.3) is 0 Å². The van der Waals surface area contributed by atoms with Crippen molar-refractivity contribution in [2.24, 2.45) is 0 Å². The second-order valence-corrected chi connectivity index (χ2v) is 3.94. The van der Waals surface area contributed by atoms with Crippen molar-refractivity contribution < 1.29 is 48.3 Å². The van der Waals surface area contributed by atoms with E-state index in [9.17, 15) is 48.3 Å². The van der Waals surface area contributed by atoms with Gasteiger partial charge in [0.2, 0.25) is 0 Å². The normalized spacial score (nSPS) is 16.2. The summed E-state index contributed by atoms with van der Waals surface area (Å²) in [5, 5.41) is 0. The third-order valence-corrected chi connectivity index (χ3v) is 2.11. The molecule has 3 radical (unpaired) electrons. The van der Waals surface area contributed by atoms with Crippen LogP contribution in [0.1, 0.15) is 0 Å². The zero-order valence-corrected chi connectivity index (χ0v) is 8.98. The molecule has 0 atom stereocenters. The quantitative estimate of drug-likeness (QED) is 0.545. The molecule has 0 amide bonds. The zero-order chi connectivity index (χ0) is 14.5. The van der Waals surface area contributed by atoms with E-state index < -0.39 is 28.7 Å². The summed E-state index contributed by atoms with van der Waals surface area (Å²) >= 11 is -0.387. The van der Waals surface area contributed by atoms with Crippen molar-refractivity contribution in [2.45, 2.75) is 28.7 Å². The van der Waals surface area contributed by atoms with E-state index in [2.05, 4.69) is 0 Å². The topological polar surface area (TPSA) is 0 Å². The Morgan fingerprint density at radius 1 is 0.471 bits per heavy atom. The first-order chi connectivity index (χ1) is 7.00. The molecule has 0 rings (SSSR count).